The van der Waals surface area contributed by atoms with Crippen LogP contribution in [0.1, 0.15) is 65.1 Å². The van der Waals surface area contributed by atoms with Gasteiger partial charge >= 0.3 is 5.97 Å². The van der Waals surface area contributed by atoms with E-state index in [0.29, 0.717) is 24.4 Å². The van der Waals surface area contributed by atoms with Crippen LogP contribution in [0, 0.1) is 0 Å². The van der Waals surface area contributed by atoms with Crippen LogP contribution in [0.4, 0.5) is 0 Å². The summed E-state index contributed by atoms with van der Waals surface area (Å²) in [4.78, 5) is 16.7. The maximum absolute atomic E-state index is 12.2. The minimum absolute atomic E-state index is 0.244. The third-order valence-electron chi connectivity index (χ3n) is 5.67. The zero-order valence-electron chi connectivity index (χ0n) is 18.5. The molecule has 1 N–H and O–H groups in total. The number of carbonyl (C=O) groups excluding carboxylic acids is 1. The number of rotatable bonds is 2. The van der Waals surface area contributed by atoms with E-state index in [1.54, 1.807) is 10.9 Å². The van der Waals surface area contributed by atoms with Crippen LogP contribution in [0.3, 0.4) is 0 Å². The molecule has 3 aromatic rings. The summed E-state index contributed by atoms with van der Waals surface area (Å²) in [7, 11) is 0. The highest BCUT2D eigenvalue weighted by Crippen LogP contribution is 2.43. The lowest BCUT2D eigenvalue weighted by Gasteiger charge is -2.28. The first-order valence-electron chi connectivity index (χ1n) is 10.4. The van der Waals surface area contributed by atoms with E-state index < -0.39 is 6.04 Å². The number of benzene rings is 1. The first-order valence-corrected chi connectivity index (χ1v) is 10.4. The highest BCUT2D eigenvalue weighted by molar-refractivity contribution is 5.93. The molecule has 1 aliphatic heterocycles. The van der Waals surface area contributed by atoms with Crippen molar-refractivity contribution >= 4 is 17.0 Å². The van der Waals surface area contributed by atoms with Crippen LogP contribution in [0.5, 0.6) is 5.75 Å². The Morgan fingerprint density at radius 3 is 2.27 bits per heavy atom. The number of phenols is 1. The SMILES string of the molecule is CC(C)(C)c1cc(-c2nn(C3CCOC3=O)c3ncccc23)cc(C(C)(C)C)c1O. The fraction of sp³-hybridized carbons (Fsp3) is 0.458. The number of phenolic OH excluding ortho intramolecular Hbond substituents is 1. The first-order chi connectivity index (χ1) is 14.0. The predicted molar refractivity (Wildman–Crippen MR) is 117 cm³/mol. The number of aromatic nitrogens is 3. The van der Waals surface area contributed by atoms with Crippen molar-refractivity contribution in [3.05, 3.63) is 41.6 Å². The number of fused-ring (bicyclic) bond motifs is 1. The minimum Gasteiger partial charge on any atom is -0.507 e. The quantitative estimate of drug-likeness (QED) is 0.612. The molecule has 0 bridgehead atoms. The Bertz CT molecular complexity index is 1100. The molecule has 1 aliphatic rings. The van der Waals surface area contributed by atoms with Gasteiger partial charge in [-0.05, 0) is 35.1 Å². The predicted octanol–water partition coefficient (Wildman–Crippen LogP) is 4.89. The van der Waals surface area contributed by atoms with E-state index in [4.69, 9.17) is 9.84 Å². The van der Waals surface area contributed by atoms with Crippen molar-refractivity contribution in [2.75, 3.05) is 6.61 Å². The number of ether oxygens (including phenoxy) is 1. The molecule has 6 heteroatoms. The van der Waals surface area contributed by atoms with Gasteiger partial charge in [-0.2, -0.15) is 5.10 Å². The number of carbonyl (C=O) groups is 1. The molecule has 1 unspecified atom stereocenters. The lowest BCUT2D eigenvalue weighted by molar-refractivity contribution is -0.140. The second kappa shape index (κ2) is 6.83. The molecule has 0 saturated carbocycles. The molecule has 2 aromatic heterocycles. The molecular formula is C24H29N3O3. The van der Waals surface area contributed by atoms with Gasteiger partial charge in [0.1, 0.15) is 11.4 Å². The van der Waals surface area contributed by atoms with Crippen LogP contribution in [0.15, 0.2) is 30.5 Å². The number of nitrogens with zero attached hydrogens (tertiary/aromatic N) is 3. The van der Waals surface area contributed by atoms with E-state index >= 15 is 0 Å². The van der Waals surface area contributed by atoms with Gasteiger partial charge in [0.25, 0.3) is 0 Å². The molecule has 6 nitrogen and oxygen atoms in total. The number of aromatic hydroxyl groups is 1. The lowest BCUT2D eigenvalue weighted by Crippen LogP contribution is -2.17. The third kappa shape index (κ3) is 3.34. The summed E-state index contributed by atoms with van der Waals surface area (Å²) in [6.45, 7) is 12.9. The van der Waals surface area contributed by atoms with E-state index in [9.17, 15) is 9.90 Å². The molecule has 1 atom stereocenters. The number of esters is 1. The van der Waals surface area contributed by atoms with E-state index in [2.05, 4.69) is 46.5 Å². The molecule has 1 saturated heterocycles. The average Bonchev–Trinajstić information content (AvgIpc) is 3.23. The summed E-state index contributed by atoms with van der Waals surface area (Å²) in [5.74, 6) is 0.0630. The normalized spacial score (nSPS) is 17.5. The summed E-state index contributed by atoms with van der Waals surface area (Å²) < 4.78 is 6.86. The van der Waals surface area contributed by atoms with Crippen molar-refractivity contribution in [2.45, 2.75) is 64.8 Å². The van der Waals surface area contributed by atoms with Gasteiger partial charge in [-0.15, -0.1) is 0 Å². The molecule has 0 amide bonds. The maximum atomic E-state index is 12.2. The zero-order valence-corrected chi connectivity index (χ0v) is 18.5. The third-order valence-corrected chi connectivity index (χ3v) is 5.67. The van der Waals surface area contributed by atoms with E-state index in [-0.39, 0.29) is 16.8 Å². The van der Waals surface area contributed by atoms with Crippen LogP contribution in [-0.4, -0.2) is 32.4 Å². The summed E-state index contributed by atoms with van der Waals surface area (Å²) in [6.07, 6.45) is 2.30. The van der Waals surface area contributed by atoms with Gasteiger partial charge in [0.15, 0.2) is 11.7 Å². The molecule has 4 rings (SSSR count). The highest BCUT2D eigenvalue weighted by Gasteiger charge is 2.33. The van der Waals surface area contributed by atoms with Crippen molar-refractivity contribution in [3.8, 4) is 17.0 Å². The van der Waals surface area contributed by atoms with Crippen LogP contribution < -0.4 is 0 Å². The van der Waals surface area contributed by atoms with Crippen molar-refractivity contribution in [3.63, 3.8) is 0 Å². The van der Waals surface area contributed by atoms with Gasteiger partial charge in [-0.25, -0.2) is 14.5 Å². The number of hydrogen-bond donors (Lipinski definition) is 1. The van der Waals surface area contributed by atoms with Crippen molar-refractivity contribution < 1.29 is 14.6 Å². The van der Waals surface area contributed by atoms with Gasteiger partial charge in [0.05, 0.1) is 6.61 Å². The molecule has 0 spiro atoms. The monoisotopic (exact) mass is 407 g/mol. The van der Waals surface area contributed by atoms with Crippen LogP contribution in [0.25, 0.3) is 22.3 Å². The first kappa shape index (κ1) is 20.4. The Hall–Kier alpha value is -2.89. The summed E-state index contributed by atoms with van der Waals surface area (Å²) >= 11 is 0. The van der Waals surface area contributed by atoms with E-state index in [1.165, 1.54) is 0 Å². The van der Waals surface area contributed by atoms with Gasteiger partial charge in [0, 0.05) is 34.7 Å². The Morgan fingerprint density at radius 1 is 1.10 bits per heavy atom. The molecule has 3 heterocycles. The summed E-state index contributed by atoms with van der Waals surface area (Å²) in [5.41, 5.74) is 3.59. The molecule has 1 aromatic carbocycles. The highest BCUT2D eigenvalue weighted by atomic mass is 16.5. The van der Waals surface area contributed by atoms with Crippen LogP contribution in [0.2, 0.25) is 0 Å². The second-order valence-electron chi connectivity index (χ2n) is 10.1. The molecule has 0 aliphatic carbocycles. The van der Waals surface area contributed by atoms with Gasteiger partial charge in [0.2, 0.25) is 0 Å². The standard InChI is InChI=1S/C24H29N3O3/c1-23(2,3)16-12-14(13-17(20(16)28)24(4,5)6)19-15-8-7-10-25-21(15)27(26-19)18-9-11-30-22(18)29/h7-8,10,12-13,18,28H,9,11H2,1-6H3. The average molecular weight is 408 g/mol. The second-order valence-corrected chi connectivity index (χ2v) is 10.1. The Kier molecular flexibility index (Phi) is 4.64. The van der Waals surface area contributed by atoms with Gasteiger partial charge < -0.3 is 9.84 Å². The Labute approximate surface area is 176 Å². The molecule has 30 heavy (non-hydrogen) atoms. The summed E-state index contributed by atoms with van der Waals surface area (Å²) in [6, 6.07) is 7.41. The smallest absolute Gasteiger partial charge is 0.331 e. The topological polar surface area (TPSA) is 77.2 Å². The number of hydrogen-bond acceptors (Lipinski definition) is 5. The van der Waals surface area contributed by atoms with Crippen molar-refractivity contribution in [2.24, 2.45) is 0 Å². The largest absolute Gasteiger partial charge is 0.507 e. The van der Waals surface area contributed by atoms with Crippen molar-refractivity contribution in [1.82, 2.24) is 14.8 Å². The van der Waals surface area contributed by atoms with Crippen LogP contribution in [-0.2, 0) is 20.4 Å². The lowest BCUT2D eigenvalue weighted by atomic mass is 9.78. The zero-order chi connectivity index (χ0) is 21.8. The fourth-order valence-electron chi connectivity index (χ4n) is 4.03. The summed E-state index contributed by atoms with van der Waals surface area (Å²) in [5, 5.41) is 16.8. The van der Waals surface area contributed by atoms with Crippen molar-refractivity contribution in [1.29, 1.82) is 0 Å². The van der Waals surface area contributed by atoms with Gasteiger partial charge in [-0.1, -0.05) is 41.5 Å². The van der Waals surface area contributed by atoms with E-state index in [1.807, 2.05) is 24.3 Å². The number of pyridine rings is 1. The Morgan fingerprint density at radius 2 is 1.73 bits per heavy atom. The van der Waals surface area contributed by atoms with Gasteiger partial charge in [-0.3, -0.25) is 0 Å². The minimum atomic E-state index is -0.461. The maximum Gasteiger partial charge on any atom is 0.331 e. The molecule has 1 fully saturated rings. The number of cyclic esters (lactones) is 1. The molecular weight excluding hydrogens is 378 g/mol. The van der Waals surface area contributed by atoms with Crippen LogP contribution >= 0.6 is 0 Å². The molecule has 0 radical (unpaired) electrons. The Balaban J connectivity index is 2.00. The van der Waals surface area contributed by atoms with E-state index in [0.717, 1.165) is 27.8 Å². The fourth-order valence-corrected chi connectivity index (χ4v) is 4.03. The molecule has 158 valence electrons.